The van der Waals surface area contributed by atoms with E-state index >= 15 is 0 Å². The van der Waals surface area contributed by atoms with Gasteiger partial charge in [-0.1, -0.05) is 433 Å². The number of ether oxygens (including phenoxy) is 4. The highest BCUT2D eigenvalue weighted by molar-refractivity contribution is 7.47. The molecule has 19 heteroatoms. The average molecular weight is 1590 g/mol. The topological polar surface area (TPSA) is 237 Å². The summed E-state index contributed by atoms with van der Waals surface area (Å²) >= 11 is 0. The van der Waals surface area contributed by atoms with E-state index in [4.69, 9.17) is 37.0 Å². The fourth-order valence-electron chi connectivity index (χ4n) is 14.1. The quantitative estimate of drug-likeness (QED) is 0.0222. The molecule has 0 aromatic heterocycles. The molecule has 17 nitrogen and oxygen atoms in total. The lowest BCUT2D eigenvalue weighted by molar-refractivity contribution is -0.161. The van der Waals surface area contributed by atoms with Crippen LogP contribution >= 0.6 is 15.6 Å². The van der Waals surface area contributed by atoms with Gasteiger partial charge in [0.15, 0.2) is 12.2 Å². The molecular formula is C90H176O17P2. The van der Waals surface area contributed by atoms with Gasteiger partial charge in [-0.25, -0.2) is 9.13 Å². The molecule has 0 aliphatic carbocycles. The van der Waals surface area contributed by atoms with Gasteiger partial charge >= 0.3 is 39.5 Å². The predicted molar refractivity (Wildman–Crippen MR) is 451 cm³/mol. The molecule has 0 saturated carbocycles. The zero-order chi connectivity index (χ0) is 79.9. The van der Waals surface area contributed by atoms with Crippen molar-refractivity contribution in [3.05, 3.63) is 0 Å². The smallest absolute Gasteiger partial charge is 0.462 e. The first-order valence-corrected chi connectivity index (χ1v) is 49.5. The second-order valence-electron chi connectivity index (χ2n) is 33.1. The van der Waals surface area contributed by atoms with Gasteiger partial charge in [-0.3, -0.25) is 37.3 Å². The van der Waals surface area contributed by atoms with Crippen LogP contribution in [0.3, 0.4) is 0 Å². The Kier molecular flexibility index (Phi) is 79.8. The number of carbonyl (C=O) groups excluding carboxylic acids is 4. The third-order valence-corrected chi connectivity index (χ3v) is 23.5. The SMILES string of the molecule is CCCCCCCCCCCCCCCCCCCCCCCCC(=O)O[C@H](COC(=O)CCCCCCCCCCCCCCCCCCC(C)C)COP(=O)(O)OC[C@@H](O)COP(=O)(O)OC[C@@H](COC(=O)CCCCCCCCC(C)CC)OC(=O)CCCCCCCCCCCCCCCCCCCC. The van der Waals surface area contributed by atoms with Crippen LogP contribution in [0.4, 0.5) is 0 Å². The number of hydrogen-bond donors (Lipinski definition) is 3. The van der Waals surface area contributed by atoms with Crippen LogP contribution in [0.15, 0.2) is 0 Å². The van der Waals surface area contributed by atoms with E-state index in [9.17, 15) is 43.2 Å². The van der Waals surface area contributed by atoms with Crippen LogP contribution in [0.5, 0.6) is 0 Å². The molecule has 6 atom stereocenters. The first-order chi connectivity index (χ1) is 52.9. The maximum absolute atomic E-state index is 13.2. The molecule has 3 unspecified atom stereocenters. The predicted octanol–water partition coefficient (Wildman–Crippen LogP) is 27.8. The number of phosphoric ester groups is 2. The molecule has 0 amide bonds. The minimum atomic E-state index is -4.97. The van der Waals surface area contributed by atoms with Crippen molar-refractivity contribution in [2.24, 2.45) is 11.8 Å². The number of aliphatic hydroxyl groups is 1. The molecule has 0 bridgehead atoms. The Morgan fingerprint density at radius 3 is 0.697 bits per heavy atom. The van der Waals surface area contributed by atoms with Crippen LogP contribution in [0, 0.1) is 11.8 Å². The van der Waals surface area contributed by atoms with Gasteiger partial charge in [-0.2, -0.15) is 0 Å². The van der Waals surface area contributed by atoms with Crippen LogP contribution in [-0.2, 0) is 65.4 Å². The van der Waals surface area contributed by atoms with Crippen LogP contribution in [-0.4, -0.2) is 96.7 Å². The summed E-state index contributed by atoms with van der Waals surface area (Å²) in [6, 6.07) is 0. The third kappa shape index (κ3) is 82.4. The highest BCUT2D eigenvalue weighted by Gasteiger charge is 2.31. The molecule has 0 aromatic rings. The summed E-state index contributed by atoms with van der Waals surface area (Å²) in [5.41, 5.74) is 0. The van der Waals surface area contributed by atoms with Crippen molar-refractivity contribution in [3.8, 4) is 0 Å². The molecule has 648 valence electrons. The number of rotatable bonds is 89. The van der Waals surface area contributed by atoms with Crippen molar-refractivity contribution in [1.29, 1.82) is 0 Å². The second kappa shape index (κ2) is 81.2. The average Bonchev–Trinajstić information content (AvgIpc) is 0.899. The van der Waals surface area contributed by atoms with Crippen LogP contribution in [0.25, 0.3) is 0 Å². The van der Waals surface area contributed by atoms with Crippen molar-refractivity contribution < 1.29 is 80.2 Å². The lowest BCUT2D eigenvalue weighted by Crippen LogP contribution is -2.30. The third-order valence-electron chi connectivity index (χ3n) is 21.6. The van der Waals surface area contributed by atoms with E-state index in [-0.39, 0.29) is 25.7 Å². The van der Waals surface area contributed by atoms with E-state index in [0.717, 1.165) is 108 Å². The Balaban J connectivity index is 5.22. The summed E-state index contributed by atoms with van der Waals surface area (Å²) in [5, 5.41) is 10.7. The van der Waals surface area contributed by atoms with Gasteiger partial charge in [0.25, 0.3) is 0 Å². The molecule has 0 heterocycles. The van der Waals surface area contributed by atoms with E-state index in [1.54, 1.807) is 0 Å². The Hall–Kier alpha value is -1.94. The summed E-state index contributed by atoms with van der Waals surface area (Å²) in [4.78, 5) is 73.3. The number of aliphatic hydroxyl groups excluding tert-OH is 1. The maximum atomic E-state index is 13.2. The Labute approximate surface area is 670 Å². The first-order valence-electron chi connectivity index (χ1n) is 46.5. The Morgan fingerprint density at radius 1 is 0.266 bits per heavy atom. The lowest BCUT2D eigenvalue weighted by atomic mass is 10.00. The summed E-state index contributed by atoms with van der Waals surface area (Å²) in [7, 11) is -9.93. The minimum Gasteiger partial charge on any atom is -0.462 e. The molecule has 0 spiro atoms. The number of esters is 4. The molecule has 0 saturated heterocycles. The largest absolute Gasteiger partial charge is 0.472 e. The van der Waals surface area contributed by atoms with Crippen molar-refractivity contribution in [3.63, 3.8) is 0 Å². The fraction of sp³-hybridized carbons (Fsp3) is 0.956. The highest BCUT2D eigenvalue weighted by Crippen LogP contribution is 2.45. The van der Waals surface area contributed by atoms with Crippen molar-refractivity contribution in [1.82, 2.24) is 0 Å². The van der Waals surface area contributed by atoms with E-state index in [1.807, 2.05) is 0 Å². The summed E-state index contributed by atoms with van der Waals surface area (Å²) in [6.45, 7) is 9.69. The molecule has 0 rings (SSSR count). The zero-order valence-corrected chi connectivity index (χ0v) is 73.7. The van der Waals surface area contributed by atoms with Gasteiger partial charge in [0, 0.05) is 25.7 Å². The van der Waals surface area contributed by atoms with Gasteiger partial charge in [-0.05, 0) is 37.5 Å². The molecule has 3 N–H and O–H groups in total. The van der Waals surface area contributed by atoms with Gasteiger partial charge in [0.1, 0.15) is 19.3 Å². The lowest BCUT2D eigenvalue weighted by Gasteiger charge is -2.21. The van der Waals surface area contributed by atoms with Crippen molar-refractivity contribution in [2.75, 3.05) is 39.6 Å². The minimum absolute atomic E-state index is 0.108. The van der Waals surface area contributed by atoms with E-state index in [2.05, 4.69) is 41.5 Å². The molecule has 0 fully saturated rings. The van der Waals surface area contributed by atoms with E-state index in [1.165, 1.54) is 295 Å². The second-order valence-corrected chi connectivity index (χ2v) is 36.0. The molecule has 0 aliphatic rings. The van der Waals surface area contributed by atoms with E-state index < -0.39 is 97.5 Å². The first kappa shape index (κ1) is 107. The monoisotopic (exact) mass is 1590 g/mol. The molecule has 0 aromatic carbocycles. The van der Waals surface area contributed by atoms with Gasteiger partial charge in [0.2, 0.25) is 0 Å². The number of carbonyl (C=O) groups is 4. The van der Waals surface area contributed by atoms with Crippen LogP contribution in [0.1, 0.15) is 485 Å². The molecule has 0 radical (unpaired) electrons. The standard InChI is InChI=1S/C90H176O17P2/c1-7-10-12-14-16-18-20-22-24-26-28-29-30-31-33-39-43-47-51-55-63-68-74-89(94)106-85(78-100-87(92)72-66-60-53-49-45-41-37-35-34-36-40-44-48-52-58-64-70-82(4)5)80-104-108(96,97)102-76-84(91)77-103-109(98,99)105-81-86(79-101-88(93)73-67-61-57-56-59-65-71-83(6)9-3)107-90(95)75-69-62-54-50-46-42-38-32-27-25-23-21-19-17-15-13-11-8-2/h82-86,91H,7-81H2,1-6H3,(H,96,97)(H,98,99)/t83?,84-,85-,86-/m1/s1. The number of unbranched alkanes of at least 4 members (excludes halogenated alkanes) is 58. The highest BCUT2D eigenvalue weighted by atomic mass is 31.2. The zero-order valence-electron chi connectivity index (χ0n) is 71.9. The van der Waals surface area contributed by atoms with Crippen LogP contribution in [0.2, 0.25) is 0 Å². The van der Waals surface area contributed by atoms with E-state index in [0.29, 0.717) is 25.7 Å². The maximum Gasteiger partial charge on any atom is 0.472 e. The van der Waals surface area contributed by atoms with Crippen LogP contribution < -0.4 is 0 Å². The van der Waals surface area contributed by atoms with Crippen molar-refractivity contribution in [2.45, 2.75) is 503 Å². The number of hydrogen-bond acceptors (Lipinski definition) is 15. The fourth-order valence-corrected chi connectivity index (χ4v) is 15.7. The Morgan fingerprint density at radius 2 is 0.468 bits per heavy atom. The van der Waals surface area contributed by atoms with Gasteiger partial charge in [-0.15, -0.1) is 0 Å². The number of phosphoric acid groups is 2. The summed E-state index contributed by atoms with van der Waals surface area (Å²) in [6.07, 6.45) is 75.2. The van der Waals surface area contributed by atoms with Gasteiger partial charge in [0.05, 0.1) is 26.4 Å². The molecule has 0 aliphatic heterocycles. The normalized spacial score (nSPS) is 14.0. The Bertz CT molecular complexity index is 2080. The molecular weight excluding hydrogens is 1410 g/mol. The van der Waals surface area contributed by atoms with Gasteiger partial charge < -0.3 is 33.8 Å². The molecule has 109 heavy (non-hydrogen) atoms. The summed E-state index contributed by atoms with van der Waals surface area (Å²) in [5.74, 6) is -0.556. The van der Waals surface area contributed by atoms with Crippen molar-refractivity contribution >= 4 is 39.5 Å². The summed E-state index contributed by atoms with van der Waals surface area (Å²) < 4.78 is 69.0.